The van der Waals surface area contributed by atoms with Crippen LogP contribution in [0.25, 0.3) is 0 Å². The molecule has 0 bridgehead atoms. The number of aromatic nitrogens is 1. The van der Waals surface area contributed by atoms with Crippen molar-refractivity contribution < 1.29 is 27.6 Å². The second kappa shape index (κ2) is 10.5. The molecule has 0 saturated carbocycles. The van der Waals surface area contributed by atoms with Crippen molar-refractivity contribution in [3.8, 4) is 0 Å². The van der Waals surface area contributed by atoms with Crippen molar-refractivity contribution in [3.63, 3.8) is 0 Å². The molecule has 1 heterocycles. The average Bonchev–Trinajstić information content (AvgIpc) is 2.80. The Morgan fingerprint density at radius 1 is 0.941 bits per heavy atom. The SMILES string of the molecule is Nc1ccccc1NC(=O)c1ccc(NC(=O)CN(Cc2cccnc2)C(=O)C(F)(F)F)cc1. The van der Waals surface area contributed by atoms with Crippen LogP contribution in [-0.2, 0) is 16.1 Å². The minimum Gasteiger partial charge on any atom is -0.397 e. The lowest BCUT2D eigenvalue weighted by molar-refractivity contribution is -0.186. The Kier molecular flexibility index (Phi) is 7.46. The molecule has 0 saturated heterocycles. The number of carbonyl (C=O) groups excluding carboxylic acids is 3. The first-order chi connectivity index (χ1) is 16.1. The Hall–Kier alpha value is -4.41. The zero-order valence-corrected chi connectivity index (χ0v) is 17.7. The van der Waals surface area contributed by atoms with E-state index in [4.69, 9.17) is 5.73 Å². The van der Waals surface area contributed by atoms with Gasteiger partial charge in [0, 0.05) is 30.2 Å². The van der Waals surface area contributed by atoms with Gasteiger partial charge in [-0.3, -0.25) is 19.4 Å². The lowest BCUT2D eigenvalue weighted by Gasteiger charge is -2.23. The monoisotopic (exact) mass is 471 g/mol. The van der Waals surface area contributed by atoms with Gasteiger partial charge in [0.25, 0.3) is 5.91 Å². The highest BCUT2D eigenvalue weighted by molar-refractivity contribution is 6.06. The van der Waals surface area contributed by atoms with E-state index in [1.165, 1.54) is 48.8 Å². The van der Waals surface area contributed by atoms with Crippen molar-refractivity contribution in [1.29, 1.82) is 0 Å². The summed E-state index contributed by atoms with van der Waals surface area (Å²) in [5, 5.41) is 5.08. The molecule has 4 N–H and O–H groups in total. The molecular weight excluding hydrogens is 451 g/mol. The molecule has 11 heteroatoms. The van der Waals surface area contributed by atoms with Crippen molar-refractivity contribution in [2.24, 2.45) is 0 Å². The summed E-state index contributed by atoms with van der Waals surface area (Å²) in [6.45, 7) is -1.27. The van der Waals surface area contributed by atoms with Crippen molar-refractivity contribution in [3.05, 3.63) is 84.2 Å². The van der Waals surface area contributed by atoms with E-state index in [2.05, 4.69) is 15.6 Å². The number of hydrogen-bond acceptors (Lipinski definition) is 5. The van der Waals surface area contributed by atoms with E-state index in [9.17, 15) is 27.6 Å². The number of anilines is 3. The third kappa shape index (κ3) is 6.55. The van der Waals surface area contributed by atoms with Crippen LogP contribution in [0.4, 0.5) is 30.2 Å². The Labute approximate surface area is 192 Å². The van der Waals surface area contributed by atoms with Gasteiger partial charge in [0.2, 0.25) is 5.91 Å². The maximum absolute atomic E-state index is 13.0. The van der Waals surface area contributed by atoms with Crippen LogP contribution in [0.5, 0.6) is 0 Å². The van der Waals surface area contributed by atoms with Crippen molar-refractivity contribution in [2.45, 2.75) is 12.7 Å². The molecule has 0 unspecified atom stereocenters. The first kappa shape index (κ1) is 24.2. The molecule has 0 aliphatic carbocycles. The average molecular weight is 471 g/mol. The number of alkyl halides is 3. The van der Waals surface area contributed by atoms with Gasteiger partial charge in [-0.25, -0.2) is 0 Å². The molecule has 0 radical (unpaired) electrons. The van der Waals surface area contributed by atoms with Crippen LogP contribution in [0, 0.1) is 0 Å². The lowest BCUT2D eigenvalue weighted by Crippen LogP contribution is -2.44. The fourth-order valence-electron chi connectivity index (χ4n) is 2.97. The predicted molar refractivity (Wildman–Crippen MR) is 120 cm³/mol. The van der Waals surface area contributed by atoms with Gasteiger partial charge < -0.3 is 21.3 Å². The zero-order chi connectivity index (χ0) is 24.7. The summed E-state index contributed by atoms with van der Waals surface area (Å²) in [6.07, 6.45) is -2.40. The van der Waals surface area contributed by atoms with Crippen LogP contribution >= 0.6 is 0 Å². The predicted octanol–water partition coefficient (Wildman–Crippen LogP) is 3.45. The van der Waals surface area contributed by atoms with E-state index in [0.29, 0.717) is 21.8 Å². The van der Waals surface area contributed by atoms with Gasteiger partial charge in [0.15, 0.2) is 0 Å². The van der Waals surface area contributed by atoms with Gasteiger partial charge in [0.05, 0.1) is 11.4 Å². The number of carbonyl (C=O) groups is 3. The molecule has 2 aromatic carbocycles. The molecule has 0 aliphatic rings. The highest BCUT2D eigenvalue weighted by atomic mass is 19.4. The maximum Gasteiger partial charge on any atom is 0.471 e. The highest BCUT2D eigenvalue weighted by Crippen LogP contribution is 2.21. The van der Waals surface area contributed by atoms with Crippen molar-refractivity contribution in [2.75, 3.05) is 22.9 Å². The number of nitrogen functional groups attached to an aromatic ring is 1. The molecule has 3 amide bonds. The van der Waals surface area contributed by atoms with Crippen LogP contribution in [0.2, 0.25) is 0 Å². The summed E-state index contributed by atoms with van der Waals surface area (Å²) in [5.41, 5.74) is 7.47. The van der Waals surface area contributed by atoms with Gasteiger partial charge in [-0.15, -0.1) is 0 Å². The van der Waals surface area contributed by atoms with Gasteiger partial charge >= 0.3 is 12.1 Å². The Morgan fingerprint density at radius 2 is 1.65 bits per heavy atom. The third-order valence-corrected chi connectivity index (χ3v) is 4.60. The van der Waals surface area contributed by atoms with Gasteiger partial charge in [-0.05, 0) is 48.0 Å². The molecule has 0 spiro atoms. The highest BCUT2D eigenvalue weighted by Gasteiger charge is 2.43. The number of hydrogen-bond donors (Lipinski definition) is 3. The first-order valence-corrected chi connectivity index (χ1v) is 9.94. The fraction of sp³-hybridized carbons (Fsp3) is 0.130. The number of pyridine rings is 1. The van der Waals surface area contributed by atoms with Gasteiger partial charge in [-0.1, -0.05) is 18.2 Å². The number of nitrogens with one attached hydrogen (secondary N) is 2. The quantitative estimate of drug-likeness (QED) is 0.457. The molecule has 8 nitrogen and oxygen atoms in total. The molecule has 1 aromatic heterocycles. The minimum atomic E-state index is -5.14. The van der Waals surface area contributed by atoms with Crippen LogP contribution in [0.15, 0.2) is 73.1 Å². The van der Waals surface area contributed by atoms with Crippen molar-refractivity contribution in [1.82, 2.24) is 9.88 Å². The number of rotatable bonds is 7. The molecular formula is C23H20F3N5O3. The Balaban J connectivity index is 1.64. The first-order valence-electron chi connectivity index (χ1n) is 9.94. The van der Waals surface area contributed by atoms with Crippen LogP contribution in [0.1, 0.15) is 15.9 Å². The minimum absolute atomic E-state index is 0.238. The number of benzene rings is 2. The number of nitrogens with two attached hydrogens (primary N) is 1. The van der Waals surface area contributed by atoms with E-state index < -0.39 is 37.0 Å². The maximum atomic E-state index is 13.0. The Bertz CT molecular complexity index is 1170. The lowest BCUT2D eigenvalue weighted by atomic mass is 10.2. The standard InChI is InChI=1S/C23H20F3N5O3/c24-23(25,26)22(34)31(13-15-4-3-11-28-12-15)14-20(32)29-17-9-7-16(8-10-17)21(33)30-19-6-2-1-5-18(19)27/h1-12H,13-14,27H2,(H,29,32)(H,30,33). The largest absolute Gasteiger partial charge is 0.471 e. The van der Waals surface area contributed by atoms with Gasteiger partial charge in [0.1, 0.15) is 6.54 Å². The molecule has 0 atom stereocenters. The summed E-state index contributed by atoms with van der Waals surface area (Å²) in [7, 11) is 0. The van der Waals surface area contributed by atoms with E-state index in [0.717, 1.165) is 0 Å². The van der Waals surface area contributed by atoms with E-state index in [1.807, 2.05) is 0 Å². The van der Waals surface area contributed by atoms with E-state index >= 15 is 0 Å². The Morgan fingerprint density at radius 3 is 2.26 bits per heavy atom. The number of para-hydroxylation sites is 2. The fourth-order valence-corrected chi connectivity index (χ4v) is 2.97. The van der Waals surface area contributed by atoms with E-state index in [1.54, 1.807) is 24.3 Å². The summed E-state index contributed by atoms with van der Waals surface area (Å²) < 4.78 is 39.0. The second-order valence-corrected chi connectivity index (χ2v) is 7.19. The normalized spacial score (nSPS) is 10.9. The summed E-state index contributed by atoms with van der Waals surface area (Å²) in [4.78, 5) is 40.7. The topological polar surface area (TPSA) is 117 Å². The van der Waals surface area contributed by atoms with Gasteiger partial charge in [-0.2, -0.15) is 13.2 Å². The molecule has 0 aliphatic heterocycles. The molecule has 0 fully saturated rings. The zero-order valence-electron chi connectivity index (χ0n) is 17.7. The van der Waals surface area contributed by atoms with E-state index in [-0.39, 0.29) is 11.3 Å². The number of nitrogens with zero attached hydrogens (tertiary/aromatic N) is 2. The second-order valence-electron chi connectivity index (χ2n) is 7.19. The van der Waals surface area contributed by atoms with Crippen LogP contribution in [0.3, 0.4) is 0 Å². The summed E-state index contributed by atoms with van der Waals surface area (Å²) in [6, 6.07) is 15.4. The molecule has 34 heavy (non-hydrogen) atoms. The smallest absolute Gasteiger partial charge is 0.397 e. The molecule has 176 valence electrons. The number of amides is 3. The molecule has 3 rings (SSSR count). The van der Waals surface area contributed by atoms with Crippen molar-refractivity contribution >= 4 is 34.8 Å². The summed E-state index contributed by atoms with van der Waals surface area (Å²) >= 11 is 0. The van der Waals surface area contributed by atoms with Crippen LogP contribution in [-0.4, -0.2) is 40.3 Å². The number of halogens is 3. The molecule has 3 aromatic rings. The summed E-state index contributed by atoms with van der Waals surface area (Å²) in [5.74, 6) is -3.41. The van der Waals surface area contributed by atoms with Crippen LogP contribution < -0.4 is 16.4 Å². The third-order valence-electron chi connectivity index (χ3n) is 4.60.